The third kappa shape index (κ3) is 2.72. The Kier molecular flexibility index (Phi) is 4.58. The average molecular weight is 265 g/mol. The van der Waals surface area contributed by atoms with E-state index in [-0.39, 0.29) is 5.91 Å². The van der Waals surface area contributed by atoms with E-state index in [0.29, 0.717) is 24.4 Å². The molecule has 0 radical (unpaired) electrons. The van der Waals surface area contributed by atoms with Gasteiger partial charge in [0.2, 0.25) is 5.91 Å². The maximum absolute atomic E-state index is 11.8. The monoisotopic (exact) mass is 265 g/mol. The largest absolute Gasteiger partial charge is 0.479 e. The molecule has 1 rings (SSSR count). The molecule has 1 atom stereocenters. The van der Waals surface area contributed by atoms with E-state index in [2.05, 4.69) is 9.97 Å². The molecule has 0 aliphatic carbocycles. The number of amides is 1. The zero-order valence-electron chi connectivity index (χ0n) is 11.7. The van der Waals surface area contributed by atoms with Crippen LogP contribution in [0.15, 0.2) is 12.4 Å². The van der Waals surface area contributed by atoms with Crippen molar-refractivity contribution in [1.82, 2.24) is 14.9 Å². The summed E-state index contributed by atoms with van der Waals surface area (Å²) in [6, 6.07) is 0. The molecule has 19 heavy (non-hydrogen) atoms. The van der Waals surface area contributed by atoms with E-state index in [1.54, 1.807) is 6.92 Å². The van der Waals surface area contributed by atoms with E-state index in [0.717, 1.165) is 0 Å². The molecule has 6 heteroatoms. The van der Waals surface area contributed by atoms with Crippen LogP contribution < -0.4 is 0 Å². The first kappa shape index (κ1) is 15.1. The van der Waals surface area contributed by atoms with Crippen molar-refractivity contribution >= 4 is 11.9 Å². The molecule has 0 saturated heterocycles. The molecule has 0 spiro atoms. The molecule has 1 aromatic rings. The molecule has 1 unspecified atom stereocenters. The van der Waals surface area contributed by atoms with Crippen LogP contribution in [-0.4, -0.2) is 38.4 Å². The van der Waals surface area contributed by atoms with Gasteiger partial charge in [0.15, 0.2) is 5.54 Å². The quantitative estimate of drug-likeness (QED) is 0.868. The first-order chi connectivity index (χ1) is 8.85. The molecular formula is C13H19N3O3. The lowest BCUT2D eigenvalue weighted by molar-refractivity contribution is -0.158. The Bertz CT molecular complexity index is 490. The average Bonchev–Trinajstić information content (AvgIpc) is 2.35. The van der Waals surface area contributed by atoms with E-state index in [1.165, 1.54) is 31.1 Å². The summed E-state index contributed by atoms with van der Waals surface area (Å²) in [5.74, 6) is -1.41. The second-order valence-corrected chi connectivity index (χ2v) is 4.54. The first-order valence-electron chi connectivity index (χ1n) is 6.15. The van der Waals surface area contributed by atoms with Crippen LogP contribution in [0.25, 0.3) is 0 Å². The molecule has 0 aromatic carbocycles. The van der Waals surface area contributed by atoms with Crippen LogP contribution in [-0.2, 0) is 15.1 Å². The maximum atomic E-state index is 11.8. The molecule has 0 aliphatic rings. The summed E-state index contributed by atoms with van der Waals surface area (Å²) in [4.78, 5) is 33.0. The van der Waals surface area contributed by atoms with Crippen LogP contribution in [0.4, 0.5) is 0 Å². The highest BCUT2D eigenvalue weighted by Crippen LogP contribution is 2.29. The van der Waals surface area contributed by atoms with Gasteiger partial charge in [-0.15, -0.1) is 0 Å². The summed E-state index contributed by atoms with van der Waals surface area (Å²) in [5, 5.41) is 9.59. The zero-order valence-corrected chi connectivity index (χ0v) is 11.7. The van der Waals surface area contributed by atoms with E-state index >= 15 is 0 Å². The van der Waals surface area contributed by atoms with Crippen molar-refractivity contribution in [2.75, 3.05) is 6.54 Å². The Morgan fingerprint density at radius 2 is 1.95 bits per heavy atom. The van der Waals surface area contributed by atoms with E-state index in [4.69, 9.17) is 0 Å². The summed E-state index contributed by atoms with van der Waals surface area (Å²) in [6.07, 6.45) is 3.61. The van der Waals surface area contributed by atoms with Gasteiger partial charge in [-0.2, -0.15) is 0 Å². The molecule has 1 aromatic heterocycles. The Balaban J connectivity index is 3.43. The fraction of sp³-hybridized carbons (Fsp3) is 0.538. The van der Waals surface area contributed by atoms with Crippen molar-refractivity contribution < 1.29 is 14.7 Å². The van der Waals surface area contributed by atoms with Crippen LogP contribution in [0.3, 0.4) is 0 Å². The predicted molar refractivity (Wildman–Crippen MR) is 69.4 cm³/mol. The molecule has 6 nitrogen and oxygen atoms in total. The van der Waals surface area contributed by atoms with Crippen molar-refractivity contribution in [1.29, 1.82) is 0 Å². The molecule has 1 heterocycles. The van der Waals surface area contributed by atoms with E-state index in [9.17, 15) is 14.7 Å². The van der Waals surface area contributed by atoms with Crippen LogP contribution >= 0.6 is 0 Å². The predicted octanol–water partition coefficient (Wildman–Crippen LogP) is 1.34. The molecule has 0 fully saturated rings. The first-order valence-corrected chi connectivity index (χ1v) is 6.15. The molecule has 0 saturated carbocycles. The van der Waals surface area contributed by atoms with Crippen LogP contribution in [0.1, 0.15) is 38.6 Å². The number of rotatable bonds is 5. The minimum absolute atomic E-state index is 0.295. The zero-order chi connectivity index (χ0) is 14.6. The third-order valence-corrected chi connectivity index (χ3v) is 3.13. The van der Waals surface area contributed by atoms with Crippen LogP contribution in [0.5, 0.6) is 0 Å². The number of hydrogen-bond acceptors (Lipinski definition) is 4. The van der Waals surface area contributed by atoms with Gasteiger partial charge in [0, 0.05) is 25.9 Å². The Morgan fingerprint density at radius 3 is 2.37 bits per heavy atom. The Hall–Kier alpha value is -1.98. The molecule has 0 aliphatic heterocycles. The van der Waals surface area contributed by atoms with Crippen LogP contribution in [0.2, 0.25) is 0 Å². The van der Waals surface area contributed by atoms with Gasteiger partial charge in [0.25, 0.3) is 0 Å². The molecule has 104 valence electrons. The van der Waals surface area contributed by atoms with Gasteiger partial charge >= 0.3 is 5.97 Å². The second-order valence-electron chi connectivity index (χ2n) is 4.54. The van der Waals surface area contributed by atoms with Gasteiger partial charge in [-0.1, -0.05) is 6.92 Å². The van der Waals surface area contributed by atoms with Crippen molar-refractivity contribution in [3.8, 4) is 0 Å². The van der Waals surface area contributed by atoms with Crippen molar-refractivity contribution in [2.24, 2.45) is 0 Å². The lowest BCUT2D eigenvalue weighted by Gasteiger charge is -2.37. The standard InChI is InChI=1S/C13H19N3O3/c1-5-8-16(10(3)17)13(4,12(18)19)11-9(2)14-6-7-15-11/h6-7H,5,8H2,1-4H3,(H,18,19). The number of hydrogen-bond donors (Lipinski definition) is 1. The van der Waals surface area contributed by atoms with Gasteiger partial charge in [0.1, 0.15) is 0 Å². The highest BCUT2D eigenvalue weighted by atomic mass is 16.4. The summed E-state index contributed by atoms with van der Waals surface area (Å²) < 4.78 is 0. The summed E-state index contributed by atoms with van der Waals surface area (Å²) >= 11 is 0. The van der Waals surface area contributed by atoms with Gasteiger partial charge in [0.05, 0.1) is 11.4 Å². The number of carboxylic acids is 1. The smallest absolute Gasteiger partial charge is 0.335 e. The van der Waals surface area contributed by atoms with Gasteiger partial charge in [-0.3, -0.25) is 14.8 Å². The minimum Gasteiger partial charge on any atom is -0.479 e. The lowest BCUT2D eigenvalue weighted by atomic mass is 9.93. The third-order valence-electron chi connectivity index (χ3n) is 3.13. The fourth-order valence-corrected chi connectivity index (χ4v) is 2.15. The van der Waals surface area contributed by atoms with Crippen molar-refractivity contribution in [3.05, 3.63) is 23.8 Å². The summed E-state index contributed by atoms with van der Waals surface area (Å²) in [7, 11) is 0. The highest BCUT2D eigenvalue weighted by Gasteiger charge is 2.45. The van der Waals surface area contributed by atoms with E-state index in [1.807, 2.05) is 6.92 Å². The van der Waals surface area contributed by atoms with Gasteiger partial charge in [-0.05, 0) is 20.3 Å². The molecular weight excluding hydrogens is 246 g/mol. The normalized spacial score (nSPS) is 13.7. The summed E-state index contributed by atoms with van der Waals surface area (Å²) in [6.45, 7) is 6.79. The van der Waals surface area contributed by atoms with Crippen molar-refractivity contribution in [3.63, 3.8) is 0 Å². The maximum Gasteiger partial charge on any atom is 0.335 e. The van der Waals surface area contributed by atoms with Crippen molar-refractivity contribution in [2.45, 2.75) is 39.7 Å². The lowest BCUT2D eigenvalue weighted by Crippen LogP contribution is -2.53. The topological polar surface area (TPSA) is 83.4 Å². The molecule has 1 amide bonds. The fourth-order valence-electron chi connectivity index (χ4n) is 2.15. The number of carboxylic acid groups (broad SMARTS) is 1. The van der Waals surface area contributed by atoms with Crippen LogP contribution in [0, 0.1) is 6.92 Å². The number of aryl methyl sites for hydroxylation is 1. The number of nitrogens with zero attached hydrogens (tertiary/aromatic N) is 3. The second kappa shape index (κ2) is 5.77. The Labute approximate surface area is 112 Å². The van der Waals surface area contributed by atoms with Gasteiger partial charge < -0.3 is 10.0 Å². The molecule has 1 N–H and O–H groups in total. The summed E-state index contributed by atoms with van der Waals surface area (Å²) in [5.41, 5.74) is -0.693. The number of aliphatic carboxylic acids is 1. The van der Waals surface area contributed by atoms with E-state index < -0.39 is 11.5 Å². The highest BCUT2D eigenvalue weighted by molar-refractivity contribution is 5.86. The number of carbonyl (C=O) groups is 2. The number of carbonyl (C=O) groups excluding carboxylic acids is 1. The van der Waals surface area contributed by atoms with Gasteiger partial charge in [-0.25, -0.2) is 4.79 Å². The molecule has 0 bridgehead atoms. The Morgan fingerprint density at radius 1 is 1.37 bits per heavy atom. The SMILES string of the molecule is CCCN(C(C)=O)C(C)(C(=O)O)c1nccnc1C. The number of aromatic nitrogens is 2. The minimum atomic E-state index is -1.50.